The number of rotatable bonds is 3. The van der Waals surface area contributed by atoms with Crippen molar-refractivity contribution in [3.8, 4) is 0 Å². The number of thioether (sulfide) groups is 1. The van der Waals surface area contributed by atoms with Gasteiger partial charge in [0.05, 0.1) is 24.0 Å². The zero-order valence-electron chi connectivity index (χ0n) is 8.48. The van der Waals surface area contributed by atoms with E-state index in [9.17, 15) is 0 Å². The van der Waals surface area contributed by atoms with Gasteiger partial charge in [-0.2, -0.15) is 0 Å². The Balaban J connectivity index is 2.58. The number of halogens is 1. The first-order chi connectivity index (χ1) is 7.72. The highest BCUT2D eigenvalue weighted by Gasteiger charge is 2.07. The summed E-state index contributed by atoms with van der Waals surface area (Å²) >= 11 is 4.98. The summed E-state index contributed by atoms with van der Waals surface area (Å²) in [5.74, 6) is 0.635. The molecule has 5 heteroatoms. The highest BCUT2D eigenvalue weighted by Crippen LogP contribution is 2.33. The molecule has 0 radical (unpaired) electrons. The first kappa shape index (κ1) is 11.7. The number of aromatic nitrogens is 1. The van der Waals surface area contributed by atoms with Gasteiger partial charge in [0, 0.05) is 20.5 Å². The smallest absolute Gasteiger partial charge is 0.0715 e. The predicted molar refractivity (Wildman–Crippen MR) is 71.7 cm³/mol. The Kier molecular flexibility index (Phi) is 3.68. The van der Waals surface area contributed by atoms with Crippen LogP contribution < -0.4 is 5.73 Å². The van der Waals surface area contributed by atoms with Crippen LogP contribution in [0.4, 0.5) is 5.69 Å². The summed E-state index contributed by atoms with van der Waals surface area (Å²) in [5, 5.41) is 9.88. The van der Waals surface area contributed by atoms with Crippen LogP contribution in [0.2, 0.25) is 0 Å². The topological polar surface area (TPSA) is 59.1 Å². The Morgan fingerprint density at radius 2 is 2.25 bits per heavy atom. The zero-order chi connectivity index (χ0) is 11.5. The third kappa shape index (κ3) is 2.31. The number of hydrogen-bond donors (Lipinski definition) is 2. The fourth-order valence-electron chi connectivity index (χ4n) is 1.46. The van der Waals surface area contributed by atoms with E-state index < -0.39 is 0 Å². The molecule has 16 heavy (non-hydrogen) atoms. The monoisotopic (exact) mass is 298 g/mol. The number of benzene rings is 1. The van der Waals surface area contributed by atoms with Gasteiger partial charge in [0.2, 0.25) is 0 Å². The van der Waals surface area contributed by atoms with Crippen LogP contribution in [0.3, 0.4) is 0 Å². The van der Waals surface area contributed by atoms with Gasteiger partial charge >= 0.3 is 0 Å². The van der Waals surface area contributed by atoms with Gasteiger partial charge in [-0.15, -0.1) is 11.8 Å². The molecule has 2 rings (SSSR count). The quantitative estimate of drug-likeness (QED) is 0.856. The molecule has 0 aliphatic carbocycles. The first-order valence-electron chi connectivity index (χ1n) is 4.80. The molecule has 0 aliphatic rings. The van der Waals surface area contributed by atoms with Crippen molar-refractivity contribution < 1.29 is 5.11 Å². The molecule has 0 bridgehead atoms. The molecule has 3 nitrogen and oxygen atoms in total. The van der Waals surface area contributed by atoms with Crippen LogP contribution in [0.1, 0.15) is 0 Å². The van der Waals surface area contributed by atoms with Crippen molar-refractivity contribution in [1.29, 1.82) is 0 Å². The number of nitrogens with zero attached hydrogens (tertiary/aromatic N) is 1. The highest BCUT2D eigenvalue weighted by atomic mass is 79.9. The van der Waals surface area contributed by atoms with E-state index in [4.69, 9.17) is 10.8 Å². The average Bonchev–Trinajstić information content (AvgIpc) is 2.28. The highest BCUT2D eigenvalue weighted by molar-refractivity contribution is 9.10. The second-order valence-corrected chi connectivity index (χ2v) is 5.30. The van der Waals surface area contributed by atoms with Crippen molar-refractivity contribution in [1.82, 2.24) is 4.98 Å². The summed E-state index contributed by atoms with van der Waals surface area (Å²) in [6.07, 6.45) is 1.66. The molecule has 0 atom stereocenters. The Labute approximate surface area is 106 Å². The molecule has 0 unspecified atom stereocenters. The van der Waals surface area contributed by atoms with Gasteiger partial charge in [-0.05, 0) is 18.2 Å². The van der Waals surface area contributed by atoms with Crippen molar-refractivity contribution >= 4 is 44.3 Å². The second kappa shape index (κ2) is 5.03. The number of aliphatic hydroxyl groups is 1. The Bertz CT molecular complexity index is 513. The molecule has 0 fully saturated rings. The molecule has 1 aromatic heterocycles. The number of nitrogen functional groups attached to an aromatic ring is 1. The molecule has 0 spiro atoms. The van der Waals surface area contributed by atoms with E-state index in [1.165, 1.54) is 0 Å². The van der Waals surface area contributed by atoms with Gasteiger partial charge in [-0.25, -0.2) is 0 Å². The lowest BCUT2D eigenvalue weighted by atomic mass is 10.2. The van der Waals surface area contributed by atoms with Gasteiger partial charge in [0.1, 0.15) is 0 Å². The van der Waals surface area contributed by atoms with E-state index in [-0.39, 0.29) is 6.61 Å². The molecule has 0 amide bonds. The molecule has 2 aromatic rings. The molecule has 84 valence electrons. The van der Waals surface area contributed by atoms with E-state index in [0.717, 1.165) is 20.3 Å². The van der Waals surface area contributed by atoms with E-state index in [1.54, 1.807) is 18.0 Å². The van der Waals surface area contributed by atoms with Crippen LogP contribution in [-0.2, 0) is 0 Å². The van der Waals surface area contributed by atoms with E-state index in [1.807, 2.05) is 18.2 Å². The Morgan fingerprint density at radius 1 is 1.44 bits per heavy atom. The number of nitrogens with two attached hydrogens (primary N) is 1. The summed E-state index contributed by atoms with van der Waals surface area (Å²) in [4.78, 5) is 5.26. The van der Waals surface area contributed by atoms with Crippen LogP contribution in [0.5, 0.6) is 0 Å². The lowest BCUT2D eigenvalue weighted by molar-refractivity contribution is 0.322. The number of anilines is 1. The standard InChI is InChI=1S/C11H11BrN2OS/c12-7-1-2-10-8(5-7)11(16-4-3-15)9(13)6-14-10/h1-2,5-6,15H,3-4,13H2. The largest absolute Gasteiger partial charge is 0.397 e. The second-order valence-electron chi connectivity index (χ2n) is 3.28. The van der Waals surface area contributed by atoms with Crippen molar-refractivity contribution in [2.45, 2.75) is 4.90 Å². The van der Waals surface area contributed by atoms with Crippen molar-refractivity contribution in [2.24, 2.45) is 0 Å². The number of pyridine rings is 1. The first-order valence-corrected chi connectivity index (χ1v) is 6.57. The van der Waals surface area contributed by atoms with Crippen LogP contribution in [-0.4, -0.2) is 22.5 Å². The van der Waals surface area contributed by atoms with E-state index in [2.05, 4.69) is 20.9 Å². The number of aliphatic hydroxyl groups excluding tert-OH is 1. The van der Waals surface area contributed by atoms with Crippen LogP contribution in [0.25, 0.3) is 10.9 Å². The fourth-order valence-corrected chi connectivity index (χ4v) is 2.66. The molecule has 0 saturated carbocycles. The maximum Gasteiger partial charge on any atom is 0.0715 e. The molecular formula is C11H11BrN2OS. The van der Waals surface area contributed by atoms with Crippen LogP contribution in [0.15, 0.2) is 33.8 Å². The minimum absolute atomic E-state index is 0.141. The molecule has 1 aromatic carbocycles. The van der Waals surface area contributed by atoms with Gasteiger partial charge in [-0.3, -0.25) is 4.98 Å². The van der Waals surface area contributed by atoms with Gasteiger partial charge < -0.3 is 10.8 Å². The molecule has 3 N–H and O–H groups in total. The van der Waals surface area contributed by atoms with E-state index in [0.29, 0.717) is 11.4 Å². The molecule has 0 aliphatic heterocycles. The summed E-state index contributed by atoms with van der Waals surface area (Å²) < 4.78 is 0.998. The Hall–Kier alpha value is -0.780. The SMILES string of the molecule is Nc1cnc2ccc(Br)cc2c1SCCO. The van der Waals surface area contributed by atoms with Crippen LogP contribution in [0, 0.1) is 0 Å². The third-order valence-electron chi connectivity index (χ3n) is 2.15. The van der Waals surface area contributed by atoms with Gasteiger partial charge in [0.25, 0.3) is 0 Å². The lowest BCUT2D eigenvalue weighted by Crippen LogP contribution is -1.94. The fraction of sp³-hybridized carbons (Fsp3) is 0.182. The summed E-state index contributed by atoms with van der Waals surface area (Å²) in [6, 6.07) is 5.90. The molecular weight excluding hydrogens is 288 g/mol. The third-order valence-corrected chi connectivity index (χ3v) is 3.77. The Morgan fingerprint density at radius 3 is 3.00 bits per heavy atom. The van der Waals surface area contributed by atoms with E-state index >= 15 is 0 Å². The molecule has 1 heterocycles. The average molecular weight is 299 g/mol. The van der Waals surface area contributed by atoms with Crippen molar-refractivity contribution in [2.75, 3.05) is 18.1 Å². The normalized spacial score (nSPS) is 10.9. The van der Waals surface area contributed by atoms with Gasteiger partial charge in [0.15, 0.2) is 0 Å². The minimum Gasteiger partial charge on any atom is -0.397 e. The maximum atomic E-state index is 8.86. The molecule has 0 saturated heterocycles. The zero-order valence-corrected chi connectivity index (χ0v) is 10.9. The number of hydrogen-bond acceptors (Lipinski definition) is 4. The van der Waals surface area contributed by atoms with Crippen molar-refractivity contribution in [3.63, 3.8) is 0 Å². The van der Waals surface area contributed by atoms with Gasteiger partial charge in [-0.1, -0.05) is 15.9 Å². The summed E-state index contributed by atoms with van der Waals surface area (Å²) in [6.45, 7) is 0.141. The predicted octanol–water partition coefficient (Wildman–Crippen LogP) is 2.66. The van der Waals surface area contributed by atoms with Crippen molar-refractivity contribution in [3.05, 3.63) is 28.9 Å². The van der Waals surface area contributed by atoms with Crippen LogP contribution >= 0.6 is 27.7 Å². The number of fused-ring (bicyclic) bond motifs is 1. The summed E-state index contributed by atoms with van der Waals surface area (Å²) in [7, 11) is 0. The minimum atomic E-state index is 0.141. The lowest BCUT2D eigenvalue weighted by Gasteiger charge is -2.08. The maximum absolute atomic E-state index is 8.86. The summed E-state index contributed by atoms with van der Waals surface area (Å²) in [5.41, 5.74) is 7.47.